The summed E-state index contributed by atoms with van der Waals surface area (Å²) in [5.41, 5.74) is 3.69. The molecule has 1 unspecified atom stereocenters. The summed E-state index contributed by atoms with van der Waals surface area (Å²) in [6, 6.07) is 16.0. The molecule has 1 atom stereocenters. The molecule has 3 aromatic rings. The summed E-state index contributed by atoms with van der Waals surface area (Å²) in [5.74, 6) is 0.269. The second-order valence-electron chi connectivity index (χ2n) is 5.76. The number of imidazole rings is 1. The topological polar surface area (TPSA) is 73.3 Å². The molecule has 3 rings (SSSR count). The van der Waals surface area contributed by atoms with Gasteiger partial charge in [0.1, 0.15) is 11.7 Å². The number of pyridine rings is 1. The summed E-state index contributed by atoms with van der Waals surface area (Å²) in [4.78, 5) is 4.36. The van der Waals surface area contributed by atoms with Gasteiger partial charge in [-0.2, -0.15) is 5.26 Å². The minimum atomic E-state index is 0.169. The molecule has 0 amide bonds. The first kappa shape index (κ1) is 16.2. The van der Waals surface area contributed by atoms with Crippen LogP contribution >= 0.6 is 0 Å². The van der Waals surface area contributed by atoms with E-state index in [1.807, 2.05) is 41.1 Å². The molecule has 2 N–H and O–H groups in total. The molecule has 0 aliphatic rings. The number of aliphatic hydroxyl groups excluding tert-OH is 1. The van der Waals surface area contributed by atoms with Crippen LogP contribution < -0.4 is 5.32 Å². The molecule has 0 bridgehead atoms. The first-order chi connectivity index (χ1) is 11.8. The molecule has 5 heteroatoms. The number of aromatic nitrogens is 2. The van der Waals surface area contributed by atoms with Crippen LogP contribution in [0.3, 0.4) is 0 Å². The largest absolute Gasteiger partial charge is 0.396 e. The molecule has 0 spiro atoms. The van der Waals surface area contributed by atoms with E-state index in [9.17, 15) is 5.11 Å². The van der Waals surface area contributed by atoms with Gasteiger partial charge in [0.15, 0.2) is 0 Å². The van der Waals surface area contributed by atoms with Crippen LogP contribution in [0.4, 0.5) is 0 Å². The fraction of sp³-hybridized carbons (Fsp3) is 0.263. The minimum absolute atomic E-state index is 0.169. The van der Waals surface area contributed by atoms with Crippen LogP contribution in [-0.4, -0.2) is 27.6 Å². The van der Waals surface area contributed by atoms with Gasteiger partial charge in [0.05, 0.1) is 17.5 Å². The first-order valence-corrected chi connectivity index (χ1v) is 8.04. The highest BCUT2D eigenvalue weighted by Crippen LogP contribution is 2.18. The van der Waals surface area contributed by atoms with E-state index in [4.69, 9.17) is 5.26 Å². The zero-order valence-electron chi connectivity index (χ0n) is 13.4. The molecule has 0 radical (unpaired) electrons. The lowest BCUT2D eigenvalue weighted by Gasteiger charge is -2.17. The lowest BCUT2D eigenvalue weighted by Crippen LogP contribution is -2.22. The Hall–Kier alpha value is -2.68. The van der Waals surface area contributed by atoms with Crippen LogP contribution in [0.2, 0.25) is 0 Å². The van der Waals surface area contributed by atoms with Crippen molar-refractivity contribution in [1.82, 2.24) is 14.7 Å². The number of benzene rings is 1. The maximum absolute atomic E-state index is 9.31. The van der Waals surface area contributed by atoms with Crippen LogP contribution in [0.15, 0.2) is 54.9 Å². The molecule has 122 valence electrons. The number of rotatable bonds is 7. The molecule has 0 aliphatic carbocycles. The lowest BCUT2D eigenvalue weighted by molar-refractivity contribution is 0.273. The quantitative estimate of drug-likeness (QED) is 0.701. The maximum Gasteiger partial charge on any atom is 0.137 e. The molecular formula is C19H20N4O. The highest BCUT2D eigenvalue weighted by atomic mass is 16.3. The number of nitrogens with one attached hydrogen (secondary N) is 1. The van der Waals surface area contributed by atoms with Gasteiger partial charge in [-0.3, -0.25) is 0 Å². The number of hydrogen-bond donors (Lipinski definition) is 2. The molecule has 0 saturated heterocycles. The minimum Gasteiger partial charge on any atom is -0.396 e. The normalized spacial score (nSPS) is 12.2. The average Bonchev–Trinajstić information content (AvgIpc) is 3.04. The maximum atomic E-state index is 9.31. The predicted molar refractivity (Wildman–Crippen MR) is 92.5 cm³/mol. The molecule has 2 heterocycles. The number of nitrogens with zero attached hydrogens (tertiary/aromatic N) is 3. The number of nitriles is 1. The monoisotopic (exact) mass is 320 g/mol. The van der Waals surface area contributed by atoms with Gasteiger partial charge < -0.3 is 14.8 Å². The predicted octanol–water partition coefficient (Wildman–Crippen LogP) is 2.46. The Balaban J connectivity index is 1.68. The zero-order valence-corrected chi connectivity index (χ0v) is 13.4. The van der Waals surface area contributed by atoms with Gasteiger partial charge >= 0.3 is 0 Å². The first-order valence-electron chi connectivity index (χ1n) is 8.04. The molecule has 0 fully saturated rings. The Labute approximate surface area is 141 Å². The SMILES string of the molecule is N#Cc1ccc2ncc(CNCC(CCO)c3ccccc3)n2c1. The summed E-state index contributed by atoms with van der Waals surface area (Å²) < 4.78 is 1.94. The van der Waals surface area contributed by atoms with Gasteiger partial charge in [0, 0.05) is 25.9 Å². The van der Waals surface area contributed by atoms with Crippen molar-refractivity contribution in [3.05, 3.63) is 71.7 Å². The second-order valence-corrected chi connectivity index (χ2v) is 5.76. The summed E-state index contributed by atoms with van der Waals surface area (Å²) in [6.45, 7) is 1.60. The Morgan fingerprint density at radius 1 is 1.21 bits per heavy atom. The fourth-order valence-corrected chi connectivity index (χ4v) is 2.87. The second kappa shape index (κ2) is 7.73. The highest BCUT2D eigenvalue weighted by molar-refractivity contribution is 5.44. The Kier molecular flexibility index (Phi) is 5.22. The summed E-state index contributed by atoms with van der Waals surface area (Å²) >= 11 is 0. The van der Waals surface area contributed by atoms with E-state index in [1.54, 1.807) is 6.07 Å². The Morgan fingerprint density at radius 3 is 2.79 bits per heavy atom. The van der Waals surface area contributed by atoms with Crippen molar-refractivity contribution in [2.75, 3.05) is 13.2 Å². The van der Waals surface area contributed by atoms with Crippen LogP contribution in [0.25, 0.3) is 5.65 Å². The van der Waals surface area contributed by atoms with Gasteiger partial charge in [-0.15, -0.1) is 0 Å². The Morgan fingerprint density at radius 2 is 2.04 bits per heavy atom. The van der Waals surface area contributed by atoms with E-state index in [1.165, 1.54) is 5.56 Å². The molecule has 24 heavy (non-hydrogen) atoms. The van der Waals surface area contributed by atoms with Crippen molar-refractivity contribution in [2.45, 2.75) is 18.9 Å². The molecular weight excluding hydrogens is 300 g/mol. The molecule has 5 nitrogen and oxygen atoms in total. The molecule has 0 aliphatic heterocycles. The zero-order chi connectivity index (χ0) is 16.8. The average molecular weight is 320 g/mol. The summed E-state index contributed by atoms with van der Waals surface area (Å²) in [6.07, 6.45) is 4.36. The number of fused-ring (bicyclic) bond motifs is 1. The van der Waals surface area contributed by atoms with Crippen molar-refractivity contribution in [1.29, 1.82) is 5.26 Å². The summed E-state index contributed by atoms with van der Waals surface area (Å²) in [5, 5.41) is 21.8. The smallest absolute Gasteiger partial charge is 0.137 e. The molecule has 1 aromatic carbocycles. The standard InChI is InChI=1S/C19H20N4O/c20-10-15-6-7-19-22-13-18(23(19)14-15)12-21-11-17(8-9-24)16-4-2-1-3-5-16/h1-7,13-14,17,21,24H,8-9,11-12H2. The van der Waals surface area contributed by atoms with Crippen molar-refractivity contribution in [3.63, 3.8) is 0 Å². The fourth-order valence-electron chi connectivity index (χ4n) is 2.87. The van der Waals surface area contributed by atoms with Crippen molar-refractivity contribution in [2.24, 2.45) is 0 Å². The van der Waals surface area contributed by atoms with Crippen LogP contribution in [0.1, 0.15) is 29.2 Å². The van der Waals surface area contributed by atoms with Crippen molar-refractivity contribution >= 4 is 5.65 Å². The number of hydrogen-bond acceptors (Lipinski definition) is 4. The van der Waals surface area contributed by atoms with Gasteiger partial charge in [0.25, 0.3) is 0 Å². The summed E-state index contributed by atoms with van der Waals surface area (Å²) in [7, 11) is 0. The lowest BCUT2D eigenvalue weighted by atomic mass is 9.96. The van der Waals surface area contributed by atoms with E-state index in [0.717, 1.165) is 24.3 Å². The third-order valence-electron chi connectivity index (χ3n) is 4.16. The van der Waals surface area contributed by atoms with E-state index >= 15 is 0 Å². The Bertz CT molecular complexity index is 835. The van der Waals surface area contributed by atoms with Crippen LogP contribution in [-0.2, 0) is 6.54 Å². The van der Waals surface area contributed by atoms with E-state index in [-0.39, 0.29) is 12.5 Å². The van der Waals surface area contributed by atoms with Gasteiger partial charge in [-0.1, -0.05) is 30.3 Å². The van der Waals surface area contributed by atoms with Gasteiger partial charge in [-0.05, 0) is 30.0 Å². The van der Waals surface area contributed by atoms with Crippen LogP contribution in [0.5, 0.6) is 0 Å². The van der Waals surface area contributed by atoms with Gasteiger partial charge in [0.2, 0.25) is 0 Å². The van der Waals surface area contributed by atoms with E-state index in [0.29, 0.717) is 12.1 Å². The molecule has 0 saturated carbocycles. The van der Waals surface area contributed by atoms with E-state index in [2.05, 4.69) is 28.5 Å². The van der Waals surface area contributed by atoms with Crippen molar-refractivity contribution in [3.8, 4) is 6.07 Å². The van der Waals surface area contributed by atoms with E-state index < -0.39 is 0 Å². The van der Waals surface area contributed by atoms with Crippen LogP contribution in [0, 0.1) is 11.3 Å². The number of aliphatic hydroxyl groups is 1. The third kappa shape index (κ3) is 3.62. The third-order valence-corrected chi connectivity index (χ3v) is 4.16. The van der Waals surface area contributed by atoms with Crippen molar-refractivity contribution < 1.29 is 5.11 Å². The van der Waals surface area contributed by atoms with Gasteiger partial charge in [-0.25, -0.2) is 4.98 Å². The molecule has 2 aromatic heterocycles. The highest BCUT2D eigenvalue weighted by Gasteiger charge is 2.11.